The molecule has 1 fully saturated rings. The van der Waals surface area contributed by atoms with Gasteiger partial charge in [0, 0.05) is 37.8 Å². The number of nitrogens with zero attached hydrogens (tertiary/aromatic N) is 2. The van der Waals surface area contributed by atoms with Gasteiger partial charge in [0.15, 0.2) is 5.76 Å². The fourth-order valence-electron chi connectivity index (χ4n) is 2.46. The van der Waals surface area contributed by atoms with Crippen molar-refractivity contribution >= 4 is 0 Å². The first-order chi connectivity index (χ1) is 9.33. The van der Waals surface area contributed by atoms with Gasteiger partial charge in [0.2, 0.25) is 0 Å². The van der Waals surface area contributed by atoms with E-state index in [1.165, 1.54) is 5.56 Å². The number of benzene rings is 1. The highest BCUT2D eigenvalue weighted by atomic mass is 16.5. The molecule has 100 valence electrons. The molecular formula is C15H19N3O. The van der Waals surface area contributed by atoms with E-state index >= 15 is 0 Å². The van der Waals surface area contributed by atoms with Crippen molar-refractivity contribution in [3.8, 4) is 11.3 Å². The molecule has 3 rings (SSSR count). The van der Waals surface area contributed by atoms with Crippen molar-refractivity contribution in [3.05, 3.63) is 41.7 Å². The molecule has 1 aliphatic heterocycles. The third-order valence-electron chi connectivity index (χ3n) is 3.57. The number of nitrogens with one attached hydrogen (secondary N) is 1. The summed E-state index contributed by atoms with van der Waals surface area (Å²) in [6.07, 6.45) is 0. The fraction of sp³-hybridized carbons (Fsp3) is 0.400. The molecule has 1 aromatic heterocycles. The lowest BCUT2D eigenvalue weighted by Gasteiger charge is -2.25. The second-order valence-corrected chi connectivity index (χ2v) is 5.02. The van der Waals surface area contributed by atoms with Crippen LogP contribution in [0.25, 0.3) is 11.3 Å². The highest BCUT2D eigenvalue weighted by Gasteiger charge is 2.14. The molecular weight excluding hydrogens is 238 g/mol. The summed E-state index contributed by atoms with van der Waals surface area (Å²) in [6.45, 7) is 7.19. The van der Waals surface area contributed by atoms with E-state index in [1.807, 2.05) is 12.1 Å². The summed E-state index contributed by atoms with van der Waals surface area (Å²) >= 11 is 0. The van der Waals surface area contributed by atoms with Crippen LogP contribution in [0.4, 0.5) is 0 Å². The minimum atomic E-state index is 0.848. The van der Waals surface area contributed by atoms with Crippen molar-refractivity contribution in [1.29, 1.82) is 0 Å². The van der Waals surface area contributed by atoms with Gasteiger partial charge in [-0.15, -0.1) is 0 Å². The summed E-state index contributed by atoms with van der Waals surface area (Å²) < 4.78 is 5.46. The zero-order chi connectivity index (χ0) is 13.1. The minimum Gasteiger partial charge on any atom is -0.359 e. The van der Waals surface area contributed by atoms with Crippen molar-refractivity contribution in [2.75, 3.05) is 26.2 Å². The Labute approximate surface area is 113 Å². The second kappa shape index (κ2) is 5.55. The standard InChI is InChI=1S/C15H19N3O/c1-12-4-2-3-5-14(12)15-10-13(19-17-15)11-18-8-6-16-7-9-18/h2-5,10,16H,6-9,11H2,1H3. The summed E-state index contributed by atoms with van der Waals surface area (Å²) in [5, 5.41) is 7.55. The van der Waals surface area contributed by atoms with E-state index in [0.717, 1.165) is 49.7 Å². The van der Waals surface area contributed by atoms with Crippen LogP contribution in [0.2, 0.25) is 0 Å². The van der Waals surface area contributed by atoms with E-state index < -0.39 is 0 Å². The molecule has 1 aromatic carbocycles. The summed E-state index contributed by atoms with van der Waals surface area (Å²) in [5.74, 6) is 0.945. The van der Waals surface area contributed by atoms with Crippen molar-refractivity contribution in [2.45, 2.75) is 13.5 Å². The van der Waals surface area contributed by atoms with Crippen LogP contribution in [0.5, 0.6) is 0 Å². The maximum Gasteiger partial charge on any atom is 0.151 e. The number of hydrogen-bond acceptors (Lipinski definition) is 4. The molecule has 0 aliphatic carbocycles. The van der Waals surface area contributed by atoms with Gasteiger partial charge in [0.1, 0.15) is 5.69 Å². The average Bonchev–Trinajstić information content (AvgIpc) is 2.89. The topological polar surface area (TPSA) is 41.3 Å². The zero-order valence-electron chi connectivity index (χ0n) is 11.2. The van der Waals surface area contributed by atoms with Gasteiger partial charge in [-0.25, -0.2) is 0 Å². The number of hydrogen-bond donors (Lipinski definition) is 1. The van der Waals surface area contributed by atoms with E-state index in [4.69, 9.17) is 4.52 Å². The Morgan fingerprint density at radius 3 is 2.84 bits per heavy atom. The Kier molecular flexibility index (Phi) is 3.62. The predicted molar refractivity (Wildman–Crippen MR) is 74.8 cm³/mol. The lowest BCUT2D eigenvalue weighted by Crippen LogP contribution is -2.42. The molecule has 0 saturated carbocycles. The molecule has 0 radical (unpaired) electrons. The van der Waals surface area contributed by atoms with Crippen molar-refractivity contribution in [3.63, 3.8) is 0 Å². The summed E-state index contributed by atoms with van der Waals surface area (Å²) in [7, 11) is 0. The van der Waals surface area contributed by atoms with Crippen LogP contribution in [0.3, 0.4) is 0 Å². The number of aryl methyl sites for hydroxylation is 1. The Morgan fingerprint density at radius 1 is 1.26 bits per heavy atom. The van der Waals surface area contributed by atoms with Crippen LogP contribution in [0.1, 0.15) is 11.3 Å². The number of piperazine rings is 1. The second-order valence-electron chi connectivity index (χ2n) is 5.02. The largest absolute Gasteiger partial charge is 0.359 e. The first-order valence-corrected chi connectivity index (χ1v) is 6.77. The Hall–Kier alpha value is -1.65. The van der Waals surface area contributed by atoms with Crippen LogP contribution in [0.15, 0.2) is 34.9 Å². The maximum absolute atomic E-state index is 5.46. The van der Waals surface area contributed by atoms with E-state index in [1.54, 1.807) is 0 Å². The average molecular weight is 257 g/mol. The molecule has 2 aromatic rings. The maximum atomic E-state index is 5.46. The normalized spacial score (nSPS) is 16.7. The van der Waals surface area contributed by atoms with Crippen molar-refractivity contribution in [2.24, 2.45) is 0 Å². The smallest absolute Gasteiger partial charge is 0.151 e. The Bertz CT molecular complexity index is 544. The van der Waals surface area contributed by atoms with Crippen LogP contribution >= 0.6 is 0 Å². The molecule has 0 atom stereocenters. The molecule has 0 unspecified atom stereocenters. The van der Waals surface area contributed by atoms with Crippen LogP contribution in [-0.4, -0.2) is 36.2 Å². The first kappa shape index (κ1) is 12.4. The highest BCUT2D eigenvalue weighted by Crippen LogP contribution is 2.23. The van der Waals surface area contributed by atoms with Gasteiger partial charge >= 0.3 is 0 Å². The third kappa shape index (κ3) is 2.85. The van der Waals surface area contributed by atoms with Gasteiger partial charge in [-0.1, -0.05) is 29.4 Å². The van der Waals surface area contributed by atoms with Gasteiger partial charge in [-0.05, 0) is 12.5 Å². The van der Waals surface area contributed by atoms with Crippen LogP contribution in [0, 0.1) is 6.92 Å². The van der Waals surface area contributed by atoms with Crippen molar-refractivity contribution < 1.29 is 4.52 Å². The molecule has 0 spiro atoms. The van der Waals surface area contributed by atoms with Crippen LogP contribution < -0.4 is 5.32 Å². The SMILES string of the molecule is Cc1ccccc1-c1cc(CN2CCNCC2)on1. The third-order valence-corrected chi connectivity index (χ3v) is 3.57. The zero-order valence-corrected chi connectivity index (χ0v) is 11.2. The Balaban J connectivity index is 1.74. The monoisotopic (exact) mass is 257 g/mol. The molecule has 4 nitrogen and oxygen atoms in total. The van der Waals surface area contributed by atoms with Gasteiger partial charge in [-0.3, -0.25) is 4.90 Å². The molecule has 0 amide bonds. The minimum absolute atomic E-state index is 0.848. The molecule has 4 heteroatoms. The van der Waals surface area contributed by atoms with Gasteiger partial charge in [-0.2, -0.15) is 0 Å². The van der Waals surface area contributed by atoms with Gasteiger partial charge < -0.3 is 9.84 Å². The van der Waals surface area contributed by atoms with E-state index in [2.05, 4.69) is 40.5 Å². The number of aromatic nitrogens is 1. The first-order valence-electron chi connectivity index (χ1n) is 6.77. The lowest BCUT2D eigenvalue weighted by molar-refractivity contribution is 0.207. The molecule has 2 heterocycles. The van der Waals surface area contributed by atoms with Gasteiger partial charge in [0.25, 0.3) is 0 Å². The van der Waals surface area contributed by atoms with Crippen molar-refractivity contribution in [1.82, 2.24) is 15.4 Å². The predicted octanol–water partition coefficient (Wildman–Crippen LogP) is 2.06. The van der Waals surface area contributed by atoms with Crippen LogP contribution in [-0.2, 0) is 6.54 Å². The lowest BCUT2D eigenvalue weighted by atomic mass is 10.1. The van der Waals surface area contributed by atoms with E-state index in [9.17, 15) is 0 Å². The molecule has 19 heavy (non-hydrogen) atoms. The quantitative estimate of drug-likeness (QED) is 0.913. The molecule has 0 bridgehead atoms. The highest BCUT2D eigenvalue weighted by molar-refractivity contribution is 5.62. The van der Waals surface area contributed by atoms with E-state index in [0.29, 0.717) is 0 Å². The molecule has 1 saturated heterocycles. The summed E-state index contributed by atoms with van der Waals surface area (Å²) in [5.41, 5.74) is 3.31. The molecule has 1 N–H and O–H groups in total. The fourth-order valence-corrected chi connectivity index (χ4v) is 2.46. The summed E-state index contributed by atoms with van der Waals surface area (Å²) in [4.78, 5) is 2.39. The van der Waals surface area contributed by atoms with Gasteiger partial charge in [0.05, 0.1) is 6.54 Å². The van der Waals surface area contributed by atoms with E-state index in [-0.39, 0.29) is 0 Å². The molecule has 1 aliphatic rings. The summed E-state index contributed by atoms with van der Waals surface area (Å²) in [6, 6.07) is 10.3. The Morgan fingerprint density at radius 2 is 2.05 bits per heavy atom. The number of rotatable bonds is 3.